The van der Waals surface area contributed by atoms with Crippen LogP contribution in [0.25, 0.3) is 0 Å². The van der Waals surface area contributed by atoms with Gasteiger partial charge in [-0.2, -0.15) is 11.8 Å². The van der Waals surface area contributed by atoms with Gasteiger partial charge in [0.05, 0.1) is 0 Å². The minimum absolute atomic E-state index is 0.588. The molecule has 0 bridgehead atoms. The molecule has 3 nitrogen and oxygen atoms in total. The van der Waals surface area contributed by atoms with Gasteiger partial charge in [0.25, 0.3) is 0 Å². The Morgan fingerprint density at radius 3 is 2.93 bits per heavy atom. The highest BCUT2D eigenvalue weighted by Crippen LogP contribution is 2.17. The summed E-state index contributed by atoms with van der Waals surface area (Å²) in [6.45, 7) is 9.48. The number of hydrogen-bond acceptors (Lipinski definition) is 2. The van der Waals surface area contributed by atoms with Crippen molar-refractivity contribution in [2.75, 3.05) is 25.4 Å². The number of rotatable bonds is 2. The molecule has 14 heavy (non-hydrogen) atoms. The van der Waals surface area contributed by atoms with Crippen LogP contribution in [0.1, 0.15) is 20.8 Å². The van der Waals surface area contributed by atoms with Crippen molar-refractivity contribution in [2.45, 2.75) is 26.0 Å². The predicted octanol–water partition coefficient (Wildman–Crippen LogP) is 1.39. The first-order valence-electron chi connectivity index (χ1n) is 5.26. The number of guanidine groups is 1. The Balaban J connectivity index is 2.42. The summed E-state index contributed by atoms with van der Waals surface area (Å²) in [4.78, 5) is 6.59. The first-order chi connectivity index (χ1) is 6.59. The van der Waals surface area contributed by atoms with Gasteiger partial charge in [0, 0.05) is 30.6 Å². The van der Waals surface area contributed by atoms with E-state index in [1.165, 1.54) is 5.75 Å². The highest BCUT2D eigenvalue weighted by molar-refractivity contribution is 7.99. The van der Waals surface area contributed by atoms with Crippen LogP contribution >= 0.6 is 11.8 Å². The molecule has 1 fully saturated rings. The number of thioether (sulfide) groups is 1. The average molecular weight is 215 g/mol. The Morgan fingerprint density at radius 1 is 1.64 bits per heavy atom. The van der Waals surface area contributed by atoms with Crippen LogP contribution in [0, 0.1) is 5.92 Å². The van der Waals surface area contributed by atoms with Gasteiger partial charge >= 0.3 is 0 Å². The third-order valence-corrected chi connectivity index (χ3v) is 3.32. The number of nitrogens with two attached hydrogens (primary N) is 1. The van der Waals surface area contributed by atoms with Crippen LogP contribution < -0.4 is 5.73 Å². The molecule has 1 heterocycles. The Hall–Kier alpha value is -0.380. The van der Waals surface area contributed by atoms with Gasteiger partial charge in [0.2, 0.25) is 0 Å². The smallest absolute Gasteiger partial charge is 0.191 e. The fourth-order valence-electron chi connectivity index (χ4n) is 1.40. The summed E-state index contributed by atoms with van der Waals surface area (Å²) >= 11 is 2.01. The zero-order valence-electron chi connectivity index (χ0n) is 9.36. The summed E-state index contributed by atoms with van der Waals surface area (Å²) in [5, 5.41) is 0.677. The fourth-order valence-corrected chi connectivity index (χ4v) is 2.42. The van der Waals surface area contributed by atoms with Gasteiger partial charge in [0.15, 0.2) is 5.96 Å². The van der Waals surface area contributed by atoms with E-state index in [1.807, 2.05) is 11.8 Å². The van der Waals surface area contributed by atoms with E-state index in [-0.39, 0.29) is 0 Å². The Morgan fingerprint density at radius 2 is 2.36 bits per heavy atom. The van der Waals surface area contributed by atoms with E-state index < -0.39 is 0 Å². The zero-order valence-corrected chi connectivity index (χ0v) is 10.2. The molecule has 0 aliphatic carbocycles. The summed E-state index contributed by atoms with van der Waals surface area (Å²) in [5.74, 6) is 2.48. The Kier molecular flexibility index (Phi) is 4.58. The van der Waals surface area contributed by atoms with Crippen molar-refractivity contribution >= 4 is 17.7 Å². The first-order valence-corrected chi connectivity index (χ1v) is 6.31. The maximum absolute atomic E-state index is 5.93. The van der Waals surface area contributed by atoms with Crippen molar-refractivity contribution < 1.29 is 0 Å². The van der Waals surface area contributed by atoms with Crippen LogP contribution in [-0.4, -0.2) is 41.5 Å². The van der Waals surface area contributed by atoms with Crippen molar-refractivity contribution in [2.24, 2.45) is 16.6 Å². The molecule has 1 rings (SSSR count). The fraction of sp³-hybridized carbons (Fsp3) is 0.900. The molecular weight excluding hydrogens is 194 g/mol. The minimum atomic E-state index is 0.588. The molecule has 0 saturated carbocycles. The molecule has 0 spiro atoms. The van der Waals surface area contributed by atoms with Gasteiger partial charge in [-0.15, -0.1) is 0 Å². The molecule has 1 aliphatic rings. The predicted molar refractivity (Wildman–Crippen MR) is 64.8 cm³/mol. The van der Waals surface area contributed by atoms with E-state index in [9.17, 15) is 0 Å². The van der Waals surface area contributed by atoms with E-state index in [0.29, 0.717) is 11.2 Å². The van der Waals surface area contributed by atoms with Gasteiger partial charge in [-0.05, 0) is 5.92 Å². The van der Waals surface area contributed by atoms with E-state index in [1.54, 1.807) is 0 Å². The van der Waals surface area contributed by atoms with Crippen molar-refractivity contribution in [3.63, 3.8) is 0 Å². The first kappa shape index (κ1) is 11.7. The molecule has 1 saturated heterocycles. The topological polar surface area (TPSA) is 41.6 Å². The largest absolute Gasteiger partial charge is 0.370 e. The Labute approximate surface area is 91.1 Å². The number of hydrogen-bond donors (Lipinski definition) is 1. The van der Waals surface area contributed by atoms with Crippen LogP contribution in [0.4, 0.5) is 0 Å². The van der Waals surface area contributed by atoms with Crippen molar-refractivity contribution in [3.05, 3.63) is 0 Å². The molecule has 1 unspecified atom stereocenters. The second-order valence-corrected chi connectivity index (χ2v) is 5.77. The summed E-state index contributed by atoms with van der Waals surface area (Å²) in [6.07, 6.45) is 0. The van der Waals surface area contributed by atoms with Gasteiger partial charge in [-0.25, -0.2) is 0 Å². The molecule has 0 amide bonds. The number of nitrogens with zero attached hydrogens (tertiary/aromatic N) is 2. The van der Waals surface area contributed by atoms with E-state index in [0.717, 1.165) is 25.6 Å². The molecule has 82 valence electrons. The minimum Gasteiger partial charge on any atom is -0.370 e. The quantitative estimate of drug-likeness (QED) is 0.559. The third kappa shape index (κ3) is 3.78. The summed E-state index contributed by atoms with van der Waals surface area (Å²) < 4.78 is 0. The van der Waals surface area contributed by atoms with E-state index in [4.69, 9.17) is 5.73 Å². The van der Waals surface area contributed by atoms with Crippen molar-refractivity contribution in [3.8, 4) is 0 Å². The molecule has 1 aliphatic heterocycles. The molecule has 1 atom stereocenters. The van der Waals surface area contributed by atoms with Crippen LogP contribution in [0.5, 0.6) is 0 Å². The monoisotopic (exact) mass is 215 g/mol. The third-order valence-electron chi connectivity index (χ3n) is 2.18. The molecule has 0 aromatic carbocycles. The second-order valence-electron chi connectivity index (χ2n) is 4.22. The lowest BCUT2D eigenvalue weighted by molar-refractivity contribution is 0.427. The lowest BCUT2D eigenvalue weighted by Gasteiger charge is -2.31. The highest BCUT2D eigenvalue weighted by Gasteiger charge is 2.17. The molecule has 0 aromatic rings. The van der Waals surface area contributed by atoms with E-state index >= 15 is 0 Å². The van der Waals surface area contributed by atoms with Gasteiger partial charge in [0.1, 0.15) is 0 Å². The maximum Gasteiger partial charge on any atom is 0.191 e. The van der Waals surface area contributed by atoms with Crippen LogP contribution in [0.3, 0.4) is 0 Å². The lowest BCUT2D eigenvalue weighted by atomic mass is 10.2. The van der Waals surface area contributed by atoms with Gasteiger partial charge in [-0.1, -0.05) is 20.8 Å². The standard InChI is InChI=1S/C10H21N3S/c1-8(2)6-12-10(11)13-4-5-14-9(3)7-13/h8-9H,4-7H2,1-3H3,(H2,11,12). The normalized spacial score (nSPS) is 24.4. The highest BCUT2D eigenvalue weighted by atomic mass is 32.2. The average Bonchev–Trinajstić information content (AvgIpc) is 2.14. The summed E-state index contributed by atoms with van der Waals surface area (Å²) in [6, 6.07) is 0. The summed E-state index contributed by atoms with van der Waals surface area (Å²) in [7, 11) is 0. The second kappa shape index (κ2) is 5.49. The molecule has 0 radical (unpaired) electrons. The molecule has 2 N–H and O–H groups in total. The summed E-state index contributed by atoms with van der Waals surface area (Å²) in [5.41, 5.74) is 5.93. The van der Waals surface area contributed by atoms with Crippen LogP contribution in [-0.2, 0) is 0 Å². The van der Waals surface area contributed by atoms with Crippen molar-refractivity contribution in [1.82, 2.24) is 4.90 Å². The van der Waals surface area contributed by atoms with Gasteiger partial charge in [-0.3, -0.25) is 4.99 Å². The Bertz CT molecular complexity index is 204. The molecular formula is C10H21N3S. The van der Waals surface area contributed by atoms with E-state index in [2.05, 4.69) is 30.7 Å². The van der Waals surface area contributed by atoms with Crippen LogP contribution in [0.2, 0.25) is 0 Å². The van der Waals surface area contributed by atoms with Crippen molar-refractivity contribution in [1.29, 1.82) is 0 Å². The molecule has 0 aromatic heterocycles. The maximum atomic E-state index is 5.93. The molecule has 4 heteroatoms. The lowest BCUT2D eigenvalue weighted by Crippen LogP contribution is -2.45. The van der Waals surface area contributed by atoms with Crippen LogP contribution in [0.15, 0.2) is 4.99 Å². The SMILES string of the molecule is CC(C)CN=C(N)N1CCSC(C)C1. The zero-order chi connectivity index (χ0) is 10.6. The number of aliphatic imine (C=N–C) groups is 1. The van der Waals surface area contributed by atoms with Gasteiger partial charge < -0.3 is 10.6 Å².